The molecule has 0 spiro atoms. The van der Waals surface area contributed by atoms with Crippen LogP contribution >= 0.6 is 0 Å². The first kappa shape index (κ1) is 59.3. The number of ketones is 4. The molecule has 78 heavy (non-hydrogen) atoms. The van der Waals surface area contributed by atoms with Crippen LogP contribution in [-0.2, 0) is 35.8 Å². The third-order valence-electron chi connectivity index (χ3n) is 15.7. The molecule has 10 nitrogen and oxygen atoms in total. The standard InChI is InChI=1S/C68H90N6O4/c1-69-49-51-32-34-53-44-54-35-33-52(50-70-2)43-64(54)73(63(53)42-51)40-21-13-17-28-61(75)26-15-9-7-11-19-30-67(77)57-24-23-25-58(46-57)68(78)31-20-12-8-10-16-27-62(76)29-18-14-22-41-74-65-47-59(71(3)4)38-36-55(65)45-56-37-39-60(72(5)6)48-66(56)74/h23-25,32-39,42-48,69-70H,7-22,26-31,40-41,49-50H2,1-6H3/q+2. The molecule has 0 atom stereocenters. The molecule has 0 aliphatic rings. The Labute approximate surface area is 466 Å². The average Bonchev–Trinajstić information content (AvgIpc) is 3.61. The summed E-state index contributed by atoms with van der Waals surface area (Å²) in [5.74, 6) is 0.892. The summed E-state index contributed by atoms with van der Waals surface area (Å²) in [5.41, 5.74) is 11.1. The number of aromatic nitrogens is 2. The van der Waals surface area contributed by atoms with Gasteiger partial charge in [-0.2, -0.15) is 9.13 Å². The van der Waals surface area contributed by atoms with E-state index in [-0.39, 0.29) is 11.6 Å². The van der Waals surface area contributed by atoms with Crippen LogP contribution in [0.2, 0.25) is 0 Å². The number of pyridine rings is 2. The summed E-state index contributed by atoms with van der Waals surface area (Å²) in [5, 5.41) is 11.5. The van der Waals surface area contributed by atoms with Gasteiger partial charge in [-0.05, 0) is 131 Å². The number of nitrogens with zero attached hydrogens (tertiary/aromatic N) is 4. The summed E-state index contributed by atoms with van der Waals surface area (Å²) in [6.45, 7) is 3.48. The number of aryl methyl sites for hydroxylation is 2. The van der Waals surface area contributed by atoms with Crippen molar-refractivity contribution in [3.05, 3.63) is 131 Å². The quantitative estimate of drug-likeness (QED) is 0.0173. The Morgan fingerprint density at radius 3 is 1.08 bits per heavy atom. The SMILES string of the molecule is CNCc1ccc2cc3ccc(CNC)cc3[n+](CCCCCC(=O)CCCCCCCC(=O)c3cccc(C(=O)CCCCCCCC(=O)CCCCC[n+]4c5cc(N(C)C)ccc5cc5ccc(N(C)C)cc54)c3)c2c1. The van der Waals surface area contributed by atoms with E-state index in [1.54, 1.807) is 6.07 Å². The van der Waals surface area contributed by atoms with Gasteiger partial charge >= 0.3 is 0 Å². The van der Waals surface area contributed by atoms with Crippen LogP contribution in [0, 0.1) is 0 Å². The number of nitrogens with one attached hydrogen (secondary N) is 2. The molecule has 7 aromatic rings. The molecule has 414 valence electrons. The van der Waals surface area contributed by atoms with E-state index in [1.165, 1.54) is 66.1 Å². The van der Waals surface area contributed by atoms with Gasteiger partial charge in [-0.3, -0.25) is 19.2 Å². The zero-order valence-corrected chi connectivity index (χ0v) is 48.2. The molecule has 0 saturated carbocycles. The summed E-state index contributed by atoms with van der Waals surface area (Å²) < 4.78 is 4.95. The molecular formula is C68H90N6O4+2. The Bertz CT molecular complexity index is 2990. The molecule has 0 aliphatic carbocycles. The van der Waals surface area contributed by atoms with Crippen molar-refractivity contribution >= 4 is 78.1 Å². The third kappa shape index (κ3) is 17.3. The van der Waals surface area contributed by atoms with E-state index >= 15 is 0 Å². The Balaban J connectivity index is 0.711. The number of anilines is 2. The number of carbonyl (C=O) groups excluding carboxylic acids is 4. The van der Waals surface area contributed by atoms with Crippen LogP contribution in [0.25, 0.3) is 43.6 Å². The summed E-state index contributed by atoms with van der Waals surface area (Å²) >= 11 is 0. The van der Waals surface area contributed by atoms with Gasteiger partial charge < -0.3 is 20.4 Å². The maximum atomic E-state index is 13.1. The predicted octanol–water partition coefficient (Wildman–Crippen LogP) is 13.9. The van der Waals surface area contributed by atoms with Crippen molar-refractivity contribution in [1.82, 2.24) is 10.6 Å². The van der Waals surface area contributed by atoms with Gasteiger partial charge in [-0.1, -0.05) is 68.9 Å². The van der Waals surface area contributed by atoms with Crippen molar-refractivity contribution in [1.29, 1.82) is 0 Å². The Morgan fingerprint density at radius 2 is 0.705 bits per heavy atom. The number of hydrogen-bond donors (Lipinski definition) is 2. The first-order chi connectivity index (χ1) is 37.9. The molecule has 0 bridgehead atoms. The van der Waals surface area contributed by atoms with Gasteiger partial charge in [-0.25, -0.2) is 0 Å². The van der Waals surface area contributed by atoms with E-state index in [9.17, 15) is 19.2 Å². The van der Waals surface area contributed by atoms with Crippen molar-refractivity contribution < 1.29 is 28.3 Å². The molecule has 0 saturated heterocycles. The Hall–Kier alpha value is -6.36. The zero-order valence-electron chi connectivity index (χ0n) is 48.2. The summed E-state index contributed by atoms with van der Waals surface area (Å²) in [7, 11) is 12.3. The molecular weight excluding hydrogens is 965 g/mol. The predicted molar refractivity (Wildman–Crippen MR) is 324 cm³/mol. The maximum absolute atomic E-state index is 13.1. The van der Waals surface area contributed by atoms with Gasteiger partial charge in [0.2, 0.25) is 22.1 Å². The van der Waals surface area contributed by atoms with Crippen molar-refractivity contribution in [2.75, 3.05) is 52.1 Å². The second kappa shape index (κ2) is 30.7. The summed E-state index contributed by atoms with van der Waals surface area (Å²) in [6, 6.07) is 38.8. The molecule has 0 fully saturated rings. The van der Waals surface area contributed by atoms with E-state index in [1.807, 2.05) is 32.3 Å². The number of hydrogen-bond acceptors (Lipinski definition) is 8. The molecule has 2 aromatic heterocycles. The topological polar surface area (TPSA) is 107 Å². The zero-order chi connectivity index (χ0) is 55.2. The fourth-order valence-electron chi connectivity index (χ4n) is 11.1. The van der Waals surface area contributed by atoms with E-state index < -0.39 is 0 Å². The largest absolute Gasteiger partial charge is 0.377 e. The summed E-state index contributed by atoms with van der Waals surface area (Å²) in [4.78, 5) is 56.2. The fraction of sp³-hybridized carbons (Fsp3) is 0.471. The lowest BCUT2D eigenvalue weighted by Gasteiger charge is -2.15. The van der Waals surface area contributed by atoms with E-state index in [0.29, 0.717) is 61.2 Å². The minimum atomic E-state index is 0.0876. The van der Waals surface area contributed by atoms with Crippen LogP contribution in [0.3, 0.4) is 0 Å². The molecule has 2 heterocycles. The lowest BCUT2D eigenvalue weighted by Crippen LogP contribution is -2.36. The number of unbranched alkanes of at least 4 members (excludes halogenated alkanes) is 12. The lowest BCUT2D eigenvalue weighted by molar-refractivity contribution is -0.646. The number of rotatable bonds is 36. The second-order valence-electron chi connectivity index (χ2n) is 22.4. The van der Waals surface area contributed by atoms with Gasteiger partial charge in [-0.15, -0.1) is 0 Å². The van der Waals surface area contributed by atoms with Gasteiger partial charge in [0, 0.05) is 161 Å². The average molecular weight is 1060 g/mol. The van der Waals surface area contributed by atoms with Crippen LogP contribution in [0.5, 0.6) is 0 Å². The van der Waals surface area contributed by atoms with E-state index in [0.717, 1.165) is 129 Å². The lowest BCUT2D eigenvalue weighted by atomic mass is 9.98. The minimum absolute atomic E-state index is 0.0876. The highest BCUT2D eigenvalue weighted by Crippen LogP contribution is 2.27. The molecule has 5 aromatic carbocycles. The normalized spacial score (nSPS) is 11.6. The molecule has 10 heteroatoms. The van der Waals surface area contributed by atoms with Crippen molar-refractivity contribution in [2.24, 2.45) is 0 Å². The van der Waals surface area contributed by atoms with Crippen LogP contribution in [0.4, 0.5) is 11.4 Å². The number of benzene rings is 5. The highest BCUT2D eigenvalue weighted by Gasteiger charge is 2.20. The Morgan fingerprint density at radius 1 is 0.372 bits per heavy atom. The first-order valence-corrected chi connectivity index (χ1v) is 29.5. The number of Topliss-reactive ketones (excluding diaryl/α,β-unsaturated/α-hetero) is 4. The molecule has 0 amide bonds. The van der Waals surface area contributed by atoms with Crippen molar-refractivity contribution in [3.8, 4) is 0 Å². The molecule has 2 N–H and O–H groups in total. The van der Waals surface area contributed by atoms with Crippen LogP contribution in [0.15, 0.2) is 109 Å². The molecule has 0 unspecified atom stereocenters. The number of carbonyl (C=O) groups is 4. The molecule has 0 aliphatic heterocycles. The molecule has 7 rings (SSSR count). The van der Waals surface area contributed by atoms with Crippen LogP contribution < -0.4 is 29.6 Å². The van der Waals surface area contributed by atoms with Crippen molar-refractivity contribution in [2.45, 2.75) is 167 Å². The fourth-order valence-corrected chi connectivity index (χ4v) is 11.1. The highest BCUT2D eigenvalue weighted by atomic mass is 16.1. The number of fused-ring (bicyclic) bond motifs is 4. The highest BCUT2D eigenvalue weighted by molar-refractivity contribution is 6.01. The smallest absolute Gasteiger partial charge is 0.215 e. The van der Waals surface area contributed by atoms with Gasteiger partial charge in [0.25, 0.3) is 0 Å². The van der Waals surface area contributed by atoms with Crippen LogP contribution in [0.1, 0.15) is 173 Å². The second-order valence-corrected chi connectivity index (χ2v) is 22.4. The first-order valence-electron chi connectivity index (χ1n) is 29.5. The van der Waals surface area contributed by atoms with Gasteiger partial charge in [0.15, 0.2) is 11.6 Å². The minimum Gasteiger partial charge on any atom is -0.377 e. The van der Waals surface area contributed by atoms with Crippen LogP contribution in [-0.4, -0.2) is 65.4 Å². The Kier molecular flexibility index (Phi) is 23.3. The maximum Gasteiger partial charge on any atom is 0.215 e. The van der Waals surface area contributed by atoms with Crippen molar-refractivity contribution in [3.63, 3.8) is 0 Å². The van der Waals surface area contributed by atoms with Gasteiger partial charge in [0.05, 0.1) is 0 Å². The van der Waals surface area contributed by atoms with E-state index in [2.05, 4.69) is 143 Å². The third-order valence-corrected chi connectivity index (χ3v) is 15.7. The summed E-state index contributed by atoms with van der Waals surface area (Å²) in [6.07, 6.45) is 18.8. The monoisotopic (exact) mass is 1050 g/mol. The molecule has 0 radical (unpaired) electrons. The van der Waals surface area contributed by atoms with Gasteiger partial charge in [0.1, 0.15) is 24.7 Å². The van der Waals surface area contributed by atoms with E-state index in [4.69, 9.17) is 0 Å².